The molecule has 3 aromatic carbocycles. The highest BCUT2D eigenvalue weighted by Gasteiger charge is 2.51. The summed E-state index contributed by atoms with van der Waals surface area (Å²) in [6.45, 7) is 3.89. The first-order valence-electron chi connectivity index (χ1n) is 19.3. The van der Waals surface area contributed by atoms with Crippen LogP contribution in [-0.4, -0.2) is 78.9 Å². The molecule has 0 unspecified atom stereocenters. The molecule has 2 fully saturated rings. The molecule has 4 aromatic rings. The highest BCUT2D eigenvalue weighted by Crippen LogP contribution is 2.55. The summed E-state index contributed by atoms with van der Waals surface area (Å²) in [4.78, 5) is 19.3. The Hall–Kier alpha value is -4.16. The van der Waals surface area contributed by atoms with Gasteiger partial charge >= 0.3 is 0 Å². The van der Waals surface area contributed by atoms with Crippen molar-refractivity contribution in [1.82, 2.24) is 15.2 Å². The third-order valence-corrected chi connectivity index (χ3v) is 11.0. The number of hydrogen-bond donors (Lipinski definition) is 6. The fourth-order valence-corrected chi connectivity index (χ4v) is 7.32. The summed E-state index contributed by atoms with van der Waals surface area (Å²) in [6, 6.07) is 25.7. The number of carbonyl (C=O) groups excluding carboxylic acids is 1. The van der Waals surface area contributed by atoms with Crippen LogP contribution in [0.25, 0.3) is 11.1 Å². The van der Waals surface area contributed by atoms with Crippen LogP contribution in [0, 0.1) is 6.92 Å². The van der Waals surface area contributed by atoms with Gasteiger partial charge in [0.2, 0.25) is 5.91 Å². The Bertz CT molecular complexity index is 1850. The number of nitrogens with one attached hydrogen (secondary N) is 1. The van der Waals surface area contributed by atoms with Crippen molar-refractivity contribution in [2.45, 2.75) is 114 Å². The monoisotopic (exact) mass is 737 g/mol. The molecule has 10 heteroatoms. The lowest BCUT2D eigenvalue weighted by Crippen LogP contribution is -2.55. The fourth-order valence-electron chi connectivity index (χ4n) is 7.32. The Kier molecular flexibility index (Phi) is 12.8. The zero-order chi connectivity index (χ0) is 38.3. The van der Waals surface area contributed by atoms with Crippen molar-refractivity contribution in [3.8, 4) is 16.9 Å². The number of aliphatic hydroxyl groups is 5. The number of aromatic nitrogens is 1. The van der Waals surface area contributed by atoms with Gasteiger partial charge in [-0.3, -0.25) is 14.7 Å². The standard InChI is InChI=1S/C44H55N3O7/c1-3-4-6-15-40(50)46-26-38(49)41(51)42(52)44(53,29-48)33-17-16-30(2)32(24-33)28-47(27-31-11-7-5-8-12-31)43(21-22-43)37-25-45-23-20-35(37)36-13-9-10-14-39(36)54-34-18-19-34/h5,7-14,16-17,20,23-25,34,38,41-42,48-49,51-53H,3-4,6,15,18-19,21-22,26-29H2,1-2H3,(H,46,50)/t38-,41+,42+,44-/m0/s1. The third-order valence-electron chi connectivity index (χ3n) is 11.0. The molecular formula is C44H55N3O7. The molecule has 6 N–H and O–H groups in total. The number of amides is 1. The number of aryl methyl sites for hydroxylation is 1. The number of carbonyl (C=O) groups is 1. The Labute approximate surface area is 318 Å². The number of pyridine rings is 1. The molecule has 54 heavy (non-hydrogen) atoms. The van der Waals surface area contributed by atoms with Crippen LogP contribution >= 0.6 is 0 Å². The molecule has 0 saturated heterocycles. The lowest BCUT2D eigenvalue weighted by Gasteiger charge is -2.37. The lowest BCUT2D eigenvalue weighted by molar-refractivity contribution is -0.172. The Morgan fingerprint density at radius 2 is 1.72 bits per heavy atom. The van der Waals surface area contributed by atoms with Gasteiger partial charge in [0.15, 0.2) is 0 Å². The minimum Gasteiger partial charge on any atom is -0.490 e. The van der Waals surface area contributed by atoms with E-state index >= 15 is 0 Å². The smallest absolute Gasteiger partial charge is 0.220 e. The molecule has 1 aromatic heterocycles. The summed E-state index contributed by atoms with van der Waals surface area (Å²) in [6.07, 6.45) is 5.43. The van der Waals surface area contributed by atoms with E-state index in [1.54, 1.807) is 12.1 Å². The van der Waals surface area contributed by atoms with Crippen molar-refractivity contribution in [2.24, 2.45) is 0 Å². The third kappa shape index (κ3) is 9.03. The van der Waals surface area contributed by atoms with E-state index in [2.05, 4.69) is 39.5 Å². The van der Waals surface area contributed by atoms with E-state index in [1.807, 2.05) is 68.7 Å². The van der Waals surface area contributed by atoms with Crippen LogP contribution in [0.5, 0.6) is 5.75 Å². The van der Waals surface area contributed by atoms with Crippen molar-refractivity contribution < 1.29 is 35.1 Å². The van der Waals surface area contributed by atoms with Crippen molar-refractivity contribution in [1.29, 1.82) is 0 Å². The molecule has 0 radical (unpaired) electrons. The molecule has 0 aliphatic heterocycles. The van der Waals surface area contributed by atoms with Crippen molar-refractivity contribution in [2.75, 3.05) is 13.2 Å². The summed E-state index contributed by atoms with van der Waals surface area (Å²) in [7, 11) is 0. The molecular weight excluding hydrogens is 682 g/mol. The summed E-state index contributed by atoms with van der Waals surface area (Å²) < 4.78 is 6.36. The summed E-state index contributed by atoms with van der Waals surface area (Å²) in [5.41, 5.74) is 3.70. The van der Waals surface area contributed by atoms with Crippen LogP contribution in [0.3, 0.4) is 0 Å². The van der Waals surface area contributed by atoms with E-state index in [0.717, 1.165) is 77.7 Å². The van der Waals surface area contributed by atoms with E-state index in [4.69, 9.17) is 4.74 Å². The zero-order valence-electron chi connectivity index (χ0n) is 31.4. The molecule has 6 rings (SSSR count). The number of hydrogen-bond acceptors (Lipinski definition) is 9. The van der Waals surface area contributed by atoms with Gasteiger partial charge in [-0.05, 0) is 84.5 Å². The highest BCUT2D eigenvalue weighted by molar-refractivity contribution is 5.76. The molecule has 288 valence electrons. The number of benzene rings is 3. The topological polar surface area (TPSA) is 156 Å². The average molecular weight is 738 g/mol. The van der Waals surface area contributed by atoms with Gasteiger partial charge in [0.1, 0.15) is 23.6 Å². The number of nitrogens with zero attached hydrogens (tertiary/aromatic N) is 2. The fraction of sp³-hybridized carbons (Fsp3) is 0.455. The second kappa shape index (κ2) is 17.5. The molecule has 2 aliphatic rings. The quantitative estimate of drug-likeness (QED) is 0.0668. The van der Waals surface area contributed by atoms with Gasteiger partial charge in [-0.1, -0.05) is 86.5 Å². The SMILES string of the molecule is CCCCCC(=O)NC[C@H](O)[C@@H](O)[C@@H](O)[C@](O)(CO)c1ccc(C)c(CN(Cc2ccccc2)C2(c3cnccc3-c3ccccc3OC3CC3)CC2)c1. The van der Waals surface area contributed by atoms with Crippen LogP contribution in [-0.2, 0) is 29.0 Å². The summed E-state index contributed by atoms with van der Waals surface area (Å²) in [5.74, 6) is 0.595. The molecule has 4 atom stereocenters. The second-order valence-corrected chi connectivity index (χ2v) is 15.1. The van der Waals surface area contributed by atoms with Crippen molar-refractivity contribution in [3.63, 3.8) is 0 Å². The van der Waals surface area contributed by atoms with Crippen molar-refractivity contribution >= 4 is 5.91 Å². The first-order chi connectivity index (χ1) is 26.1. The first kappa shape index (κ1) is 39.5. The van der Waals surface area contributed by atoms with Crippen molar-refractivity contribution in [3.05, 3.63) is 119 Å². The van der Waals surface area contributed by atoms with E-state index in [0.29, 0.717) is 25.9 Å². The second-order valence-electron chi connectivity index (χ2n) is 15.1. The largest absolute Gasteiger partial charge is 0.490 e. The average Bonchev–Trinajstić information content (AvgIpc) is 4.14. The molecule has 10 nitrogen and oxygen atoms in total. The number of aliphatic hydroxyl groups excluding tert-OH is 4. The predicted molar refractivity (Wildman–Crippen MR) is 207 cm³/mol. The van der Waals surface area contributed by atoms with Gasteiger partial charge in [-0.15, -0.1) is 0 Å². The van der Waals surface area contributed by atoms with Crippen LogP contribution in [0.4, 0.5) is 0 Å². The van der Waals surface area contributed by atoms with Gasteiger partial charge in [0.05, 0.1) is 18.8 Å². The molecule has 0 bridgehead atoms. The Morgan fingerprint density at radius 3 is 2.43 bits per heavy atom. The predicted octanol–water partition coefficient (Wildman–Crippen LogP) is 5.25. The maximum Gasteiger partial charge on any atom is 0.220 e. The maximum absolute atomic E-state index is 12.2. The first-order valence-corrected chi connectivity index (χ1v) is 19.3. The molecule has 2 saturated carbocycles. The minimum absolute atomic E-state index is 0.200. The van der Waals surface area contributed by atoms with E-state index in [1.165, 1.54) is 0 Å². The van der Waals surface area contributed by atoms with Crippen LogP contribution in [0.2, 0.25) is 0 Å². The lowest BCUT2D eigenvalue weighted by atomic mass is 9.83. The van der Waals surface area contributed by atoms with Gasteiger partial charge in [0.25, 0.3) is 0 Å². The molecule has 1 amide bonds. The Balaban J connectivity index is 1.29. The normalized spacial score (nSPS) is 17.7. The Morgan fingerprint density at radius 1 is 0.981 bits per heavy atom. The van der Waals surface area contributed by atoms with Gasteiger partial charge in [-0.2, -0.15) is 0 Å². The number of rotatable bonds is 20. The van der Waals surface area contributed by atoms with Crippen LogP contribution < -0.4 is 10.1 Å². The number of unbranched alkanes of at least 4 members (excludes halogenated alkanes) is 2. The number of ether oxygens (including phenoxy) is 1. The van der Waals surface area contributed by atoms with Crippen LogP contribution in [0.1, 0.15) is 86.1 Å². The number of para-hydroxylation sites is 1. The van der Waals surface area contributed by atoms with Crippen LogP contribution in [0.15, 0.2) is 91.3 Å². The van der Waals surface area contributed by atoms with E-state index < -0.39 is 30.5 Å². The zero-order valence-corrected chi connectivity index (χ0v) is 31.4. The molecule has 2 aliphatic carbocycles. The van der Waals surface area contributed by atoms with E-state index in [-0.39, 0.29) is 29.7 Å². The highest BCUT2D eigenvalue weighted by atomic mass is 16.5. The maximum atomic E-state index is 12.2. The van der Waals surface area contributed by atoms with E-state index in [9.17, 15) is 30.3 Å². The van der Waals surface area contributed by atoms with Gasteiger partial charge in [0, 0.05) is 49.6 Å². The summed E-state index contributed by atoms with van der Waals surface area (Å²) in [5, 5.41) is 57.9. The van der Waals surface area contributed by atoms with Gasteiger partial charge < -0.3 is 35.6 Å². The van der Waals surface area contributed by atoms with Gasteiger partial charge in [-0.25, -0.2) is 0 Å². The summed E-state index contributed by atoms with van der Waals surface area (Å²) >= 11 is 0. The molecule has 0 spiro atoms. The minimum atomic E-state index is -2.31. The molecule has 1 heterocycles.